The van der Waals surface area contributed by atoms with Crippen molar-refractivity contribution in [2.24, 2.45) is 0 Å². The summed E-state index contributed by atoms with van der Waals surface area (Å²) in [5, 5.41) is 15.5. The number of anilines is 3. The van der Waals surface area contributed by atoms with E-state index in [0.29, 0.717) is 35.6 Å². The van der Waals surface area contributed by atoms with Crippen LogP contribution in [0.15, 0.2) is 52.3 Å². The van der Waals surface area contributed by atoms with E-state index in [-0.39, 0.29) is 16.4 Å². The topological polar surface area (TPSA) is 117 Å². The number of aliphatic hydroxyl groups is 1. The van der Waals surface area contributed by atoms with Crippen LogP contribution in [-0.4, -0.2) is 41.0 Å². The maximum Gasteiger partial charge on any atom is 0.208 e. The van der Waals surface area contributed by atoms with Crippen LogP contribution in [0.5, 0.6) is 0 Å². The predicted molar refractivity (Wildman–Crippen MR) is 104 cm³/mol. The number of aromatic nitrogens is 3. The van der Waals surface area contributed by atoms with Crippen LogP contribution < -0.4 is 10.6 Å². The number of hydrogen-bond donors (Lipinski definition) is 3. The molecule has 3 N–H and O–H groups in total. The summed E-state index contributed by atoms with van der Waals surface area (Å²) in [6.45, 7) is 2.27. The summed E-state index contributed by atoms with van der Waals surface area (Å²) in [4.78, 5) is 8.92. The lowest BCUT2D eigenvalue weighted by Gasteiger charge is -2.11. The van der Waals surface area contributed by atoms with Crippen molar-refractivity contribution in [1.82, 2.24) is 14.3 Å². The molecule has 0 fully saturated rings. The van der Waals surface area contributed by atoms with Crippen LogP contribution in [0, 0.1) is 6.92 Å². The zero-order valence-corrected chi connectivity index (χ0v) is 16.2. The fourth-order valence-electron chi connectivity index (χ4n) is 2.30. The zero-order valence-electron chi connectivity index (χ0n) is 14.6. The fraction of sp³-hybridized carbons (Fsp3) is 0.235. The van der Waals surface area contributed by atoms with Crippen LogP contribution in [0.2, 0.25) is 0 Å². The number of rotatable bonds is 8. The maximum atomic E-state index is 13.0. The minimum absolute atomic E-state index is 0.0319. The standard InChI is InChI=1S/C17H19N5O3S2/c1-12-19-17(26-22-12)21-16-11-14(10-15(20-16)18-8-5-9-23)27(24,25)13-6-3-2-4-7-13/h2-4,6-7,10-11,23H,5,8-9H2,1H3,(H2,18,19,20,21,22). The molecule has 142 valence electrons. The first-order valence-electron chi connectivity index (χ1n) is 8.23. The molecule has 0 spiro atoms. The molecule has 3 rings (SSSR count). The molecule has 0 saturated heterocycles. The van der Waals surface area contributed by atoms with Gasteiger partial charge in [-0.05, 0) is 31.5 Å². The molecular weight excluding hydrogens is 386 g/mol. The van der Waals surface area contributed by atoms with Gasteiger partial charge in [0.15, 0.2) is 0 Å². The van der Waals surface area contributed by atoms with E-state index in [2.05, 4.69) is 25.0 Å². The largest absolute Gasteiger partial charge is 0.396 e. The van der Waals surface area contributed by atoms with Gasteiger partial charge in [-0.1, -0.05) is 18.2 Å². The Morgan fingerprint density at radius 1 is 1.07 bits per heavy atom. The van der Waals surface area contributed by atoms with Gasteiger partial charge in [-0.2, -0.15) is 4.37 Å². The van der Waals surface area contributed by atoms with Crippen LogP contribution in [0.1, 0.15) is 12.2 Å². The summed E-state index contributed by atoms with van der Waals surface area (Å²) in [6, 6.07) is 11.2. The lowest BCUT2D eigenvalue weighted by Crippen LogP contribution is -2.09. The van der Waals surface area contributed by atoms with Gasteiger partial charge in [0.1, 0.15) is 17.5 Å². The molecular formula is C17H19N5O3S2. The van der Waals surface area contributed by atoms with Gasteiger partial charge in [0.05, 0.1) is 9.79 Å². The van der Waals surface area contributed by atoms with Gasteiger partial charge >= 0.3 is 0 Å². The normalized spacial score (nSPS) is 11.3. The lowest BCUT2D eigenvalue weighted by atomic mass is 10.4. The van der Waals surface area contributed by atoms with Crippen molar-refractivity contribution < 1.29 is 13.5 Å². The van der Waals surface area contributed by atoms with E-state index in [4.69, 9.17) is 5.11 Å². The van der Waals surface area contributed by atoms with Crippen LogP contribution in [0.4, 0.5) is 16.8 Å². The van der Waals surface area contributed by atoms with Gasteiger partial charge in [0, 0.05) is 30.8 Å². The molecule has 8 nitrogen and oxygen atoms in total. The van der Waals surface area contributed by atoms with Crippen molar-refractivity contribution in [2.75, 3.05) is 23.8 Å². The summed E-state index contributed by atoms with van der Waals surface area (Å²) in [6.07, 6.45) is 0.524. The van der Waals surface area contributed by atoms with E-state index in [1.54, 1.807) is 37.3 Å². The summed E-state index contributed by atoms with van der Waals surface area (Å²) in [5.74, 6) is 1.36. The molecule has 3 aromatic rings. The Bertz CT molecular complexity index is 1010. The van der Waals surface area contributed by atoms with Crippen molar-refractivity contribution in [1.29, 1.82) is 0 Å². The first-order chi connectivity index (χ1) is 13.0. The van der Waals surface area contributed by atoms with E-state index in [1.165, 1.54) is 23.7 Å². The number of aryl methyl sites for hydroxylation is 1. The highest BCUT2D eigenvalue weighted by Crippen LogP contribution is 2.27. The molecule has 2 aromatic heterocycles. The Balaban J connectivity index is 1.98. The smallest absolute Gasteiger partial charge is 0.208 e. The van der Waals surface area contributed by atoms with Gasteiger partial charge in [0.25, 0.3) is 0 Å². The predicted octanol–water partition coefficient (Wildman–Crippen LogP) is 2.61. The van der Waals surface area contributed by atoms with E-state index in [1.807, 2.05) is 0 Å². The molecule has 0 radical (unpaired) electrons. The molecule has 1 aromatic carbocycles. The van der Waals surface area contributed by atoms with Crippen LogP contribution in [0.25, 0.3) is 0 Å². The van der Waals surface area contributed by atoms with Gasteiger partial charge in [-0.3, -0.25) is 0 Å². The molecule has 0 bridgehead atoms. The second-order valence-corrected chi connectivity index (χ2v) is 8.37. The Hall–Kier alpha value is -2.56. The Morgan fingerprint density at radius 2 is 1.81 bits per heavy atom. The second-order valence-electron chi connectivity index (χ2n) is 5.67. The molecule has 10 heteroatoms. The average Bonchev–Trinajstić information content (AvgIpc) is 3.07. The van der Waals surface area contributed by atoms with E-state index < -0.39 is 9.84 Å². The molecule has 0 aliphatic heterocycles. The molecule has 0 aliphatic carbocycles. The van der Waals surface area contributed by atoms with E-state index >= 15 is 0 Å². The summed E-state index contributed by atoms with van der Waals surface area (Å²) in [7, 11) is -3.70. The number of benzene rings is 1. The first kappa shape index (κ1) is 19.2. The fourth-order valence-corrected chi connectivity index (χ4v) is 4.21. The van der Waals surface area contributed by atoms with Crippen molar-refractivity contribution in [3.05, 3.63) is 48.3 Å². The molecule has 0 saturated carbocycles. The number of aliphatic hydroxyl groups excluding tert-OH is 1. The molecule has 0 aliphatic rings. The van der Waals surface area contributed by atoms with E-state index in [0.717, 1.165) is 0 Å². The number of pyridine rings is 1. The zero-order chi connectivity index (χ0) is 19.3. The maximum absolute atomic E-state index is 13.0. The van der Waals surface area contributed by atoms with Crippen LogP contribution >= 0.6 is 11.5 Å². The molecule has 0 atom stereocenters. The Morgan fingerprint density at radius 3 is 2.48 bits per heavy atom. The number of nitrogens with zero attached hydrogens (tertiary/aromatic N) is 3. The van der Waals surface area contributed by atoms with Gasteiger partial charge in [-0.25, -0.2) is 18.4 Å². The van der Waals surface area contributed by atoms with Gasteiger partial charge < -0.3 is 15.7 Å². The van der Waals surface area contributed by atoms with Crippen LogP contribution in [0.3, 0.4) is 0 Å². The summed E-state index contributed by atoms with van der Waals surface area (Å²) in [5.41, 5.74) is 0. The van der Waals surface area contributed by atoms with Crippen molar-refractivity contribution in [3.63, 3.8) is 0 Å². The number of nitrogens with one attached hydrogen (secondary N) is 2. The van der Waals surface area contributed by atoms with Gasteiger partial charge in [0.2, 0.25) is 15.0 Å². The minimum Gasteiger partial charge on any atom is -0.396 e. The summed E-state index contributed by atoms with van der Waals surface area (Å²) >= 11 is 1.17. The lowest BCUT2D eigenvalue weighted by molar-refractivity contribution is 0.292. The molecule has 27 heavy (non-hydrogen) atoms. The third-order valence-electron chi connectivity index (χ3n) is 3.57. The highest BCUT2D eigenvalue weighted by Gasteiger charge is 2.20. The third kappa shape index (κ3) is 4.79. The van der Waals surface area contributed by atoms with Crippen LogP contribution in [-0.2, 0) is 9.84 Å². The molecule has 0 amide bonds. The minimum atomic E-state index is -3.70. The quantitative estimate of drug-likeness (QED) is 0.490. The monoisotopic (exact) mass is 405 g/mol. The Kier molecular flexibility index (Phi) is 5.99. The number of sulfone groups is 1. The molecule has 2 heterocycles. The third-order valence-corrected chi connectivity index (χ3v) is 6.04. The Labute approximate surface area is 161 Å². The van der Waals surface area contributed by atoms with Gasteiger partial charge in [-0.15, -0.1) is 0 Å². The highest BCUT2D eigenvalue weighted by atomic mass is 32.2. The molecule has 0 unspecified atom stereocenters. The second kappa shape index (κ2) is 8.42. The van der Waals surface area contributed by atoms with E-state index in [9.17, 15) is 8.42 Å². The summed E-state index contributed by atoms with van der Waals surface area (Å²) < 4.78 is 30.0. The average molecular weight is 406 g/mol. The van der Waals surface area contributed by atoms with Crippen molar-refractivity contribution in [3.8, 4) is 0 Å². The highest BCUT2D eigenvalue weighted by molar-refractivity contribution is 7.91. The number of hydrogen-bond acceptors (Lipinski definition) is 9. The SMILES string of the molecule is Cc1nsc(Nc2cc(S(=O)(=O)c3ccccc3)cc(NCCCO)n2)n1. The van der Waals surface area contributed by atoms with Crippen molar-refractivity contribution in [2.45, 2.75) is 23.1 Å². The van der Waals surface area contributed by atoms with Crippen molar-refractivity contribution >= 4 is 38.1 Å². The first-order valence-corrected chi connectivity index (χ1v) is 10.5.